The molecule has 0 aliphatic rings. The quantitative estimate of drug-likeness (QED) is 0.431. The monoisotopic (exact) mass is 402 g/mol. The summed E-state index contributed by atoms with van der Waals surface area (Å²) in [4.78, 5) is 26.8. The molecule has 5 nitrogen and oxygen atoms in total. The van der Waals surface area contributed by atoms with Gasteiger partial charge in [-0.15, -0.1) is 11.3 Å². The van der Waals surface area contributed by atoms with E-state index in [1.54, 1.807) is 29.1 Å². The van der Waals surface area contributed by atoms with Gasteiger partial charge in [-0.2, -0.15) is 0 Å². The molecule has 0 saturated carbocycles. The van der Waals surface area contributed by atoms with E-state index in [-0.39, 0.29) is 5.91 Å². The number of rotatable bonds is 3. The number of hydrogen-bond donors (Lipinski definition) is 1. The normalized spacial score (nSPS) is 11.2. The van der Waals surface area contributed by atoms with E-state index in [4.69, 9.17) is 0 Å². The molecule has 0 unspecified atom stereocenters. The average Bonchev–Trinajstić information content (AvgIpc) is 3.35. The minimum atomic E-state index is -0.129. The number of anilines is 1. The summed E-state index contributed by atoms with van der Waals surface area (Å²) >= 11 is 3.09. The predicted molar refractivity (Wildman–Crippen MR) is 115 cm³/mol. The van der Waals surface area contributed by atoms with Crippen LogP contribution in [0.3, 0.4) is 0 Å². The summed E-state index contributed by atoms with van der Waals surface area (Å²) in [5, 5.41) is 3.93. The number of benzene rings is 2. The van der Waals surface area contributed by atoms with Crippen LogP contribution in [0.5, 0.6) is 0 Å². The summed E-state index contributed by atoms with van der Waals surface area (Å²) < 4.78 is 1.00. The molecule has 1 N–H and O–H groups in total. The van der Waals surface area contributed by atoms with Crippen LogP contribution in [0.25, 0.3) is 31.1 Å². The van der Waals surface area contributed by atoms with E-state index < -0.39 is 0 Å². The molecule has 0 aliphatic heterocycles. The molecule has 0 atom stereocenters. The molecule has 0 radical (unpaired) electrons. The van der Waals surface area contributed by atoms with E-state index in [0.29, 0.717) is 5.56 Å². The lowest BCUT2D eigenvalue weighted by molar-refractivity contribution is 0.102. The first kappa shape index (κ1) is 17.0. The highest BCUT2D eigenvalue weighted by atomic mass is 32.1. The van der Waals surface area contributed by atoms with Crippen molar-refractivity contribution < 1.29 is 4.79 Å². The topological polar surface area (TPSA) is 67.8 Å². The van der Waals surface area contributed by atoms with Crippen LogP contribution in [0.2, 0.25) is 0 Å². The van der Waals surface area contributed by atoms with Gasteiger partial charge in [0.2, 0.25) is 0 Å². The standard InChI is InChI=1S/C21H14N4OS2/c1-12-9-14(20-25-17-3-2-8-22-21(17)28-20)5-6-15(12)24-19(26)13-4-7-16-18(10-13)27-11-23-16/h2-11H,1H3,(H,24,26). The van der Waals surface area contributed by atoms with Gasteiger partial charge < -0.3 is 5.32 Å². The molecule has 0 saturated heterocycles. The third kappa shape index (κ3) is 3.04. The van der Waals surface area contributed by atoms with Crippen LogP contribution >= 0.6 is 22.7 Å². The summed E-state index contributed by atoms with van der Waals surface area (Å²) in [6, 6.07) is 15.3. The highest BCUT2D eigenvalue weighted by Crippen LogP contribution is 2.31. The average molecular weight is 403 g/mol. The number of carbonyl (C=O) groups excluding carboxylic acids is 1. The molecule has 5 rings (SSSR count). The van der Waals surface area contributed by atoms with Crippen molar-refractivity contribution in [2.75, 3.05) is 5.32 Å². The molecule has 28 heavy (non-hydrogen) atoms. The second-order valence-electron chi connectivity index (χ2n) is 6.37. The summed E-state index contributed by atoms with van der Waals surface area (Å²) in [5.41, 5.74) is 7.01. The van der Waals surface area contributed by atoms with Gasteiger partial charge in [0, 0.05) is 23.0 Å². The van der Waals surface area contributed by atoms with E-state index in [2.05, 4.69) is 20.3 Å². The number of aryl methyl sites for hydroxylation is 1. The number of nitrogens with zero attached hydrogens (tertiary/aromatic N) is 3. The lowest BCUT2D eigenvalue weighted by Crippen LogP contribution is -2.12. The number of carbonyl (C=O) groups is 1. The van der Waals surface area contributed by atoms with Crippen molar-refractivity contribution in [2.24, 2.45) is 0 Å². The van der Waals surface area contributed by atoms with Gasteiger partial charge in [-0.05, 0) is 61.0 Å². The van der Waals surface area contributed by atoms with Crippen molar-refractivity contribution in [1.82, 2.24) is 15.0 Å². The number of aromatic nitrogens is 3. The fraction of sp³-hybridized carbons (Fsp3) is 0.0476. The van der Waals surface area contributed by atoms with E-state index in [1.807, 2.05) is 49.4 Å². The van der Waals surface area contributed by atoms with Gasteiger partial charge in [0.05, 0.1) is 15.7 Å². The highest BCUT2D eigenvalue weighted by Gasteiger charge is 2.12. The third-order valence-corrected chi connectivity index (χ3v) is 6.30. The molecule has 0 aliphatic carbocycles. The van der Waals surface area contributed by atoms with Crippen molar-refractivity contribution in [1.29, 1.82) is 0 Å². The Morgan fingerprint density at radius 3 is 2.82 bits per heavy atom. The number of thiazole rings is 2. The number of hydrogen-bond acceptors (Lipinski definition) is 6. The van der Waals surface area contributed by atoms with Crippen molar-refractivity contribution in [3.8, 4) is 10.6 Å². The lowest BCUT2D eigenvalue weighted by Gasteiger charge is -2.10. The minimum Gasteiger partial charge on any atom is -0.322 e. The largest absolute Gasteiger partial charge is 0.322 e. The second-order valence-corrected chi connectivity index (χ2v) is 8.23. The smallest absolute Gasteiger partial charge is 0.255 e. The Hall–Kier alpha value is -3.16. The number of nitrogens with one attached hydrogen (secondary N) is 1. The highest BCUT2D eigenvalue weighted by molar-refractivity contribution is 7.21. The van der Waals surface area contributed by atoms with E-state index in [0.717, 1.165) is 42.4 Å². The molecule has 7 heteroatoms. The number of fused-ring (bicyclic) bond motifs is 2. The molecular formula is C21H14N4OS2. The van der Waals surface area contributed by atoms with Crippen LogP contribution in [0.4, 0.5) is 5.69 Å². The molecule has 1 amide bonds. The number of pyridine rings is 1. The van der Waals surface area contributed by atoms with Crippen molar-refractivity contribution in [2.45, 2.75) is 6.92 Å². The zero-order valence-corrected chi connectivity index (χ0v) is 16.5. The van der Waals surface area contributed by atoms with Gasteiger partial charge in [0.25, 0.3) is 5.91 Å². The maximum Gasteiger partial charge on any atom is 0.255 e. The van der Waals surface area contributed by atoms with Gasteiger partial charge in [-0.25, -0.2) is 15.0 Å². The molecule has 0 fully saturated rings. The Morgan fingerprint density at radius 1 is 1.04 bits per heavy atom. The summed E-state index contributed by atoms with van der Waals surface area (Å²) in [7, 11) is 0. The Balaban J connectivity index is 1.42. The van der Waals surface area contributed by atoms with Crippen LogP contribution in [0, 0.1) is 6.92 Å². The fourth-order valence-corrected chi connectivity index (χ4v) is 4.64. The van der Waals surface area contributed by atoms with Crippen molar-refractivity contribution in [3.63, 3.8) is 0 Å². The SMILES string of the molecule is Cc1cc(-c2nc3cccnc3s2)ccc1NC(=O)c1ccc2ncsc2c1. The van der Waals surface area contributed by atoms with Gasteiger partial charge in [-0.3, -0.25) is 4.79 Å². The molecule has 3 aromatic heterocycles. The van der Waals surface area contributed by atoms with Crippen LogP contribution < -0.4 is 5.32 Å². The van der Waals surface area contributed by atoms with Crippen molar-refractivity contribution in [3.05, 3.63) is 71.4 Å². The fourth-order valence-electron chi connectivity index (χ4n) is 3.02. The van der Waals surface area contributed by atoms with Crippen molar-refractivity contribution >= 4 is 54.8 Å². The van der Waals surface area contributed by atoms with Gasteiger partial charge >= 0.3 is 0 Å². The first-order valence-corrected chi connectivity index (χ1v) is 10.3. The Kier molecular flexibility index (Phi) is 4.11. The summed E-state index contributed by atoms with van der Waals surface area (Å²) in [6.45, 7) is 1.98. The maximum absolute atomic E-state index is 12.7. The number of amides is 1. The van der Waals surface area contributed by atoms with Gasteiger partial charge in [0.1, 0.15) is 15.4 Å². The van der Waals surface area contributed by atoms with E-state index >= 15 is 0 Å². The Bertz CT molecular complexity index is 1310. The van der Waals surface area contributed by atoms with Gasteiger partial charge in [-0.1, -0.05) is 11.3 Å². The van der Waals surface area contributed by atoms with E-state index in [9.17, 15) is 4.79 Å². The Labute approximate surface area is 168 Å². The lowest BCUT2D eigenvalue weighted by atomic mass is 10.1. The Morgan fingerprint density at radius 2 is 1.96 bits per heavy atom. The predicted octanol–water partition coefficient (Wildman–Crippen LogP) is 5.53. The second kappa shape index (κ2) is 6.78. The van der Waals surface area contributed by atoms with Crippen LogP contribution in [0.1, 0.15) is 15.9 Å². The third-order valence-electron chi connectivity index (χ3n) is 4.48. The van der Waals surface area contributed by atoms with Gasteiger partial charge in [0.15, 0.2) is 0 Å². The molecule has 0 spiro atoms. The first-order valence-electron chi connectivity index (χ1n) is 8.64. The van der Waals surface area contributed by atoms with Crippen LogP contribution in [-0.2, 0) is 0 Å². The summed E-state index contributed by atoms with van der Waals surface area (Å²) in [5.74, 6) is -0.129. The molecule has 5 aromatic rings. The zero-order valence-electron chi connectivity index (χ0n) is 14.8. The molecule has 0 bridgehead atoms. The van der Waals surface area contributed by atoms with E-state index in [1.165, 1.54) is 11.3 Å². The van der Waals surface area contributed by atoms with Crippen LogP contribution in [0.15, 0.2) is 60.2 Å². The molecule has 2 aromatic carbocycles. The molecule has 3 heterocycles. The van der Waals surface area contributed by atoms with Crippen LogP contribution in [-0.4, -0.2) is 20.9 Å². The minimum absolute atomic E-state index is 0.129. The molecular weight excluding hydrogens is 388 g/mol. The summed E-state index contributed by atoms with van der Waals surface area (Å²) in [6.07, 6.45) is 1.78. The maximum atomic E-state index is 12.7. The molecule has 136 valence electrons. The zero-order chi connectivity index (χ0) is 19.1. The first-order chi connectivity index (χ1) is 13.7.